The molecule has 7 heteroatoms. The van der Waals surface area contributed by atoms with Crippen LogP contribution in [0.5, 0.6) is 11.5 Å². The van der Waals surface area contributed by atoms with E-state index in [4.69, 9.17) is 14.2 Å². The van der Waals surface area contributed by atoms with Crippen LogP contribution in [0.25, 0.3) is 0 Å². The summed E-state index contributed by atoms with van der Waals surface area (Å²) in [7, 11) is 3.38. The number of nitrogens with one attached hydrogen (secondary N) is 2. The minimum absolute atomic E-state index is 0. The van der Waals surface area contributed by atoms with Gasteiger partial charge in [0.2, 0.25) is 0 Å². The van der Waals surface area contributed by atoms with E-state index in [1.54, 1.807) is 14.2 Å². The Hall–Kier alpha value is -2.00. The zero-order valence-electron chi connectivity index (χ0n) is 18.7. The highest BCUT2D eigenvalue weighted by Crippen LogP contribution is 2.30. The summed E-state index contributed by atoms with van der Waals surface area (Å²) in [6.07, 6.45) is 0. The highest BCUT2D eigenvalue weighted by atomic mass is 127. The van der Waals surface area contributed by atoms with Crippen molar-refractivity contribution in [3.8, 4) is 11.5 Å². The zero-order valence-corrected chi connectivity index (χ0v) is 21.1. The van der Waals surface area contributed by atoms with Crippen LogP contribution in [0.3, 0.4) is 0 Å². The fraction of sp³-hybridized carbons (Fsp3) is 0.435. The average Bonchev–Trinajstić information content (AvgIpc) is 2.70. The first-order valence-electron chi connectivity index (χ1n) is 9.85. The van der Waals surface area contributed by atoms with Gasteiger partial charge >= 0.3 is 0 Å². The Morgan fingerprint density at radius 2 is 1.77 bits per heavy atom. The molecule has 0 heterocycles. The third kappa shape index (κ3) is 8.79. The first-order chi connectivity index (χ1) is 13.8. The van der Waals surface area contributed by atoms with Crippen LogP contribution in [0.2, 0.25) is 0 Å². The second kappa shape index (κ2) is 12.6. The molecule has 2 rings (SSSR count). The third-order valence-electron chi connectivity index (χ3n) is 4.07. The van der Waals surface area contributed by atoms with E-state index in [0.717, 1.165) is 16.8 Å². The lowest BCUT2D eigenvalue weighted by Crippen LogP contribution is -2.30. The second-order valence-electron chi connectivity index (χ2n) is 7.57. The number of ether oxygens (including phenoxy) is 3. The SMILES string of the molecule is CCOc1cc(NC(=NC)NCc2cccc(COC(C)(C)C)c2)ccc1OC.I. The van der Waals surface area contributed by atoms with Crippen molar-refractivity contribution in [1.82, 2.24) is 5.32 Å². The minimum Gasteiger partial charge on any atom is -0.493 e. The summed E-state index contributed by atoms with van der Waals surface area (Å²) in [5, 5.41) is 6.63. The Balaban J connectivity index is 0.00000450. The number of hydrogen-bond donors (Lipinski definition) is 2. The predicted octanol–water partition coefficient (Wildman–Crippen LogP) is 5.21. The van der Waals surface area contributed by atoms with Crippen LogP contribution in [0.15, 0.2) is 47.5 Å². The largest absolute Gasteiger partial charge is 0.493 e. The van der Waals surface area contributed by atoms with Crippen LogP contribution in [0.1, 0.15) is 38.8 Å². The topological polar surface area (TPSA) is 64.1 Å². The highest BCUT2D eigenvalue weighted by Gasteiger charge is 2.10. The molecule has 0 atom stereocenters. The van der Waals surface area contributed by atoms with E-state index in [1.165, 1.54) is 0 Å². The van der Waals surface area contributed by atoms with Crippen molar-refractivity contribution >= 4 is 35.6 Å². The van der Waals surface area contributed by atoms with Crippen LogP contribution in [0.4, 0.5) is 5.69 Å². The summed E-state index contributed by atoms with van der Waals surface area (Å²) < 4.78 is 16.8. The number of halogens is 1. The number of nitrogens with zero attached hydrogens (tertiary/aromatic N) is 1. The lowest BCUT2D eigenvalue weighted by atomic mass is 10.1. The van der Waals surface area contributed by atoms with Gasteiger partial charge in [-0.2, -0.15) is 0 Å². The molecular formula is C23H34IN3O3. The van der Waals surface area contributed by atoms with Crippen LogP contribution in [-0.4, -0.2) is 32.3 Å². The van der Waals surface area contributed by atoms with Gasteiger partial charge in [0.05, 0.1) is 25.9 Å². The first-order valence-corrected chi connectivity index (χ1v) is 9.85. The molecule has 166 valence electrons. The van der Waals surface area contributed by atoms with Crippen molar-refractivity contribution in [2.45, 2.75) is 46.4 Å². The number of anilines is 1. The van der Waals surface area contributed by atoms with E-state index in [-0.39, 0.29) is 29.6 Å². The number of methoxy groups -OCH3 is 1. The van der Waals surface area contributed by atoms with Gasteiger partial charge in [-0.15, -0.1) is 24.0 Å². The Labute approximate surface area is 197 Å². The summed E-state index contributed by atoms with van der Waals surface area (Å²) in [4.78, 5) is 4.31. The Kier molecular flexibility index (Phi) is 11.0. The van der Waals surface area contributed by atoms with E-state index in [2.05, 4.69) is 54.6 Å². The first kappa shape index (κ1) is 26.0. The Morgan fingerprint density at radius 3 is 2.40 bits per heavy atom. The average molecular weight is 527 g/mol. The van der Waals surface area contributed by atoms with Gasteiger partial charge in [0.15, 0.2) is 17.5 Å². The van der Waals surface area contributed by atoms with Gasteiger partial charge in [-0.05, 0) is 51.0 Å². The van der Waals surface area contributed by atoms with Crippen molar-refractivity contribution in [2.75, 3.05) is 26.1 Å². The van der Waals surface area contributed by atoms with Crippen molar-refractivity contribution < 1.29 is 14.2 Å². The number of benzene rings is 2. The molecule has 0 unspecified atom stereocenters. The van der Waals surface area contributed by atoms with E-state index >= 15 is 0 Å². The fourth-order valence-electron chi connectivity index (χ4n) is 2.65. The van der Waals surface area contributed by atoms with Gasteiger partial charge < -0.3 is 24.8 Å². The molecule has 0 radical (unpaired) electrons. The number of aliphatic imine (C=N–C) groups is 1. The summed E-state index contributed by atoms with van der Waals surface area (Å²) in [6, 6.07) is 14.1. The van der Waals surface area contributed by atoms with Gasteiger partial charge in [0.1, 0.15) is 0 Å². The maximum atomic E-state index is 5.87. The molecule has 0 bridgehead atoms. The molecule has 0 fully saturated rings. The van der Waals surface area contributed by atoms with Crippen LogP contribution in [-0.2, 0) is 17.9 Å². The molecule has 0 spiro atoms. The maximum absolute atomic E-state index is 5.87. The molecule has 0 saturated carbocycles. The third-order valence-corrected chi connectivity index (χ3v) is 4.07. The van der Waals surface area contributed by atoms with E-state index < -0.39 is 0 Å². The number of guanidine groups is 1. The van der Waals surface area contributed by atoms with Crippen LogP contribution >= 0.6 is 24.0 Å². The normalized spacial score (nSPS) is 11.5. The summed E-state index contributed by atoms with van der Waals surface area (Å²) in [5.41, 5.74) is 3.03. The van der Waals surface area contributed by atoms with E-state index in [1.807, 2.05) is 31.2 Å². The molecule has 0 aromatic heterocycles. The van der Waals surface area contributed by atoms with Crippen molar-refractivity contribution in [3.63, 3.8) is 0 Å². The van der Waals surface area contributed by atoms with Crippen molar-refractivity contribution in [3.05, 3.63) is 53.6 Å². The van der Waals surface area contributed by atoms with Gasteiger partial charge in [-0.25, -0.2) is 0 Å². The molecule has 2 aromatic rings. The quantitative estimate of drug-likeness (QED) is 0.280. The maximum Gasteiger partial charge on any atom is 0.195 e. The monoisotopic (exact) mass is 527 g/mol. The molecule has 30 heavy (non-hydrogen) atoms. The zero-order chi connectivity index (χ0) is 21.3. The fourth-order valence-corrected chi connectivity index (χ4v) is 2.65. The van der Waals surface area contributed by atoms with Crippen molar-refractivity contribution in [2.24, 2.45) is 4.99 Å². The molecule has 2 N–H and O–H groups in total. The molecule has 6 nitrogen and oxygen atoms in total. The Morgan fingerprint density at radius 1 is 1.03 bits per heavy atom. The summed E-state index contributed by atoms with van der Waals surface area (Å²) in [6.45, 7) is 9.94. The predicted molar refractivity (Wildman–Crippen MR) is 134 cm³/mol. The molecule has 2 aromatic carbocycles. The Bertz CT molecular complexity index is 820. The van der Waals surface area contributed by atoms with E-state index in [9.17, 15) is 0 Å². The lowest BCUT2D eigenvalue weighted by Gasteiger charge is -2.20. The van der Waals surface area contributed by atoms with Crippen LogP contribution in [0, 0.1) is 0 Å². The number of hydrogen-bond acceptors (Lipinski definition) is 4. The summed E-state index contributed by atoms with van der Waals surface area (Å²) >= 11 is 0. The van der Waals surface area contributed by atoms with Gasteiger partial charge in [0.25, 0.3) is 0 Å². The molecule has 0 aliphatic rings. The van der Waals surface area contributed by atoms with Gasteiger partial charge in [-0.1, -0.05) is 24.3 Å². The molecule has 0 aliphatic carbocycles. The minimum atomic E-state index is -0.154. The summed E-state index contributed by atoms with van der Waals surface area (Å²) in [5.74, 6) is 2.07. The highest BCUT2D eigenvalue weighted by molar-refractivity contribution is 14.0. The lowest BCUT2D eigenvalue weighted by molar-refractivity contribution is -0.0149. The smallest absolute Gasteiger partial charge is 0.195 e. The van der Waals surface area contributed by atoms with Crippen LogP contribution < -0.4 is 20.1 Å². The molecular weight excluding hydrogens is 493 g/mol. The second-order valence-corrected chi connectivity index (χ2v) is 7.57. The number of rotatable bonds is 8. The molecule has 0 amide bonds. The van der Waals surface area contributed by atoms with Crippen molar-refractivity contribution in [1.29, 1.82) is 0 Å². The molecule has 0 saturated heterocycles. The standard InChI is InChI=1S/C23H33N3O3.HI/c1-7-28-21-14-19(11-12-20(21)27-6)26-22(24-5)25-15-17-9-8-10-18(13-17)16-29-23(2,3)4;/h8-14H,7,15-16H2,1-6H3,(H2,24,25,26);1H. The van der Waals surface area contributed by atoms with Gasteiger partial charge in [0, 0.05) is 25.3 Å². The van der Waals surface area contributed by atoms with E-state index in [0.29, 0.717) is 37.2 Å². The van der Waals surface area contributed by atoms with Gasteiger partial charge in [-0.3, -0.25) is 4.99 Å². The molecule has 0 aliphatic heterocycles.